The Bertz CT molecular complexity index is 382. The second-order valence-corrected chi connectivity index (χ2v) is 4.69. The van der Waals surface area contributed by atoms with E-state index >= 15 is 0 Å². The summed E-state index contributed by atoms with van der Waals surface area (Å²) in [5, 5.41) is 12.0. The molecule has 0 unspecified atom stereocenters. The fourth-order valence-electron chi connectivity index (χ4n) is 1.22. The molecule has 0 radical (unpaired) electrons. The van der Waals surface area contributed by atoms with Crippen LogP contribution in [-0.2, 0) is 4.79 Å². The predicted molar refractivity (Wildman–Crippen MR) is 66.0 cm³/mol. The zero-order chi connectivity index (χ0) is 12.9. The highest BCUT2D eigenvalue weighted by molar-refractivity contribution is 5.77. The summed E-state index contributed by atoms with van der Waals surface area (Å²) >= 11 is 0. The van der Waals surface area contributed by atoms with Crippen molar-refractivity contribution in [1.82, 2.24) is 5.32 Å². The van der Waals surface area contributed by atoms with Crippen LogP contribution in [0.5, 0.6) is 5.75 Å². The van der Waals surface area contributed by atoms with Gasteiger partial charge in [0, 0.05) is 6.54 Å². The highest BCUT2D eigenvalue weighted by Crippen LogP contribution is 2.11. The fourth-order valence-corrected chi connectivity index (χ4v) is 1.22. The van der Waals surface area contributed by atoms with Gasteiger partial charge in [-0.2, -0.15) is 0 Å². The van der Waals surface area contributed by atoms with Crippen molar-refractivity contribution >= 4 is 5.91 Å². The first-order chi connectivity index (χ1) is 7.87. The van der Waals surface area contributed by atoms with Gasteiger partial charge >= 0.3 is 0 Å². The third-order valence-corrected chi connectivity index (χ3v) is 2.08. The van der Waals surface area contributed by atoms with Gasteiger partial charge in [-0.1, -0.05) is 12.1 Å². The SMILES string of the molecule is Cc1cccc(OCC(=O)NCC(C)(C)O)c1. The minimum Gasteiger partial charge on any atom is -0.484 e. The smallest absolute Gasteiger partial charge is 0.258 e. The number of benzene rings is 1. The maximum atomic E-state index is 11.4. The molecule has 0 saturated heterocycles. The summed E-state index contributed by atoms with van der Waals surface area (Å²) in [5.74, 6) is 0.428. The summed E-state index contributed by atoms with van der Waals surface area (Å²) < 4.78 is 5.32. The normalized spacial score (nSPS) is 11.1. The Labute approximate surface area is 102 Å². The topological polar surface area (TPSA) is 58.6 Å². The van der Waals surface area contributed by atoms with Gasteiger partial charge in [0.2, 0.25) is 0 Å². The van der Waals surface area contributed by atoms with Crippen LogP contribution in [-0.4, -0.2) is 29.8 Å². The maximum Gasteiger partial charge on any atom is 0.258 e. The minimum absolute atomic E-state index is 0.0421. The van der Waals surface area contributed by atoms with Crippen LogP contribution in [0.15, 0.2) is 24.3 Å². The second kappa shape index (κ2) is 5.68. The van der Waals surface area contributed by atoms with Gasteiger partial charge in [0.1, 0.15) is 5.75 Å². The third kappa shape index (κ3) is 5.92. The molecule has 0 atom stereocenters. The van der Waals surface area contributed by atoms with Crippen LogP contribution in [0.25, 0.3) is 0 Å². The van der Waals surface area contributed by atoms with Crippen molar-refractivity contribution in [3.8, 4) is 5.75 Å². The van der Waals surface area contributed by atoms with Crippen molar-refractivity contribution in [3.63, 3.8) is 0 Å². The lowest BCUT2D eigenvalue weighted by molar-refractivity contribution is -0.124. The number of aliphatic hydroxyl groups is 1. The molecule has 4 heteroatoms. The summed E-state index contributed by atoms with van der Waals surface area (Å²) in [4.78, 5) is 11.4. The Morgan fingerprint density at radius 2 is 2.18 bits per heavy atom. The lowest BCUT2D eigenvalue weighted by atomic mass is 10.1. The Balaban J connectivity index is 2.33. The molecule has 0 aliphatic heterocycles. The predicted octanol–water partition coefficient (Wildman–Crippen LogP) is 1.26. The van der Waals surface area contributed by atoms with Gasteiger partial charge in [0.05, 0.1) is 5.60 Å². The Morgan fingerprint density at radius 1 is 1.47 bits per heavy atom. The van der Waals surface area contributed by atoms with Gasteiger partial charge in [0.15, 0.2) is 6.61 Å². The van der Waals surface area contributed by atoms with E-state index in [0.717, 1.165) is 5.56 Å². The average molecular weight is 237 g/mol. The largest absolute Gasteiger partial charge is 0.484 e. The van der Waals surface area contributed by atoms with Crippen LogP contribution >= 0.6 is 0 Å². The number of carbonyl (C=O) groups excluding carboxylic acids is 1. The van der Waals surface area contributed by atoms with E-state index in [4.69, 9.17) is 4.74 Å². The average Bonchev–Trinajstić information content (AvgIpc) is 2.23. The molecule has 1 aromatic carbocycles. The van der Waals surface area contributed by atoms with Gasteiger partial charge in [-0.25, -0.2) is 0 Å². The number of nitrogens with one attached hydrogen (secondary N) is 1. The molecular formula is C13H19NO3. The molecule has 2 N–H and O–H groups in total. The molecule has 1 aromatic rings. The number of ether oxygens (including phenoxy) is 1. The van der Waals surface area contributed by atoms with E-state index in [0.29, 0.717) is 5.75 Å². The summed E-state index contributed by atoms with van der Waals surface area (Å²) in [6.07, 6.45) is 0. The zero-order valence-electron chi connectivity index (χ0n) is 10.5. The van der Waals surface area contributed by atoms with Crippen LogP contribution in [0.2, 0.25) is 0 Å². The number of aryl methyl sites for hydroxylation is 1. The number of carbonyl (C=O) groups is 1. The van der Waals surface area contributed by atoms with Crippen LogP contribution in [0.3, 0.4) is 0 Å². The molecule has 1 amide bonds. The summed E-state index contributed by atoms with van der Waals surface area (Å²) in [7, 11) is 0. The van der Waals surface area contributed by atoms with Gasteiger partial charge in [0.25, 0.3) is 5.91 Å². The molecule has 4 nitrogen and oxygen atoms in total. The van der Waals surface area contributed by atoms with Crippen LogP contribution in [0.1, 0.15) is 19.4 Å². The number of amides is 1. The molecule has 0 saturated carbocycles. The molecule has 94 valence electrons. The van der Waals surface area contributed by atoms with Crippen LogP contribution < -0.4 is 10.1 Å². The first-order valence-electron chi connectivity index (χ1n) is 5.55. The minimum atomic E-state index is -0.904. The van der Waals surface area contributed by atoms with E-state index in [1.165, 1.54) is 0 Å². The van der Waals surface area contributed by atoms with Crippen molar-refractivity contribution < 1.29 is 14.6 Å². The monoisotopic (exact) mass is 237 g/mol. The molecule has 0 aliphatic carbocycles. The van der Waals surface area contributed by atoms with Gasteiger partial charge in [-0.3, -0.25) is 4.79 Å². The van der Waals surface area contributed by atoms with E-state index < -0.39 is 5.60 Å². The molecule has 0 fully saturated rings. The molecular weight excluding hydrogens is 218 g/mol. The van der Waals surface area contributed by atoms with Crippen molar-refractivity contribution in [3.05, 3.63) is 29.8 Å². The zero-order valence-corrected chi connectivity index (χ0v) is 10.5. The highest BCUT2D eigenvalue weighted by Gasteiger charge is 2.13. The van der Waals surface area contributed by atoms with Crippen molar-refractivity contribution in [2.75, 3.05) is 13.2 Å². The van der Waals surface area contributed by atoms with E-state index in [1.54, 1.807) is 19.9 Å². The Hall–Kier alpha value is -1.55. The lowest BCUT2D eigenvalue weighted by Crippen LogP contribution is -2.40. The number of rotatable bonds is 5. The molecule has 0 aliphatic rings. The van der Waals surface area contributed by atoms with E-state index in [2.05, 4.69) is 5.32 Å². The fraction of sp³-hybridized carbons (Fsp3) is 0.462. The number of hydrogen-bond donors (Lipinski definition) is 2. The number of hydrogen-bond acceptors (Lipinski definition) is 3. The van der Waals surface area contributed by atoms with Crippen molar-refractivity contribution in [1.29, 1.82) is 0 Å². The van der Waals surface area contributed by atoms with Gasteiger partial charge < -0.3 is 15.2 Å². The van der Waals surface area contributed by atoms with Crippen molar-refractivity contribution in [2.45, 2.75) is 26.4 Å². The molecule has 1 rings (SSSR count). The van der Waals surface area contributed by atoms with E-state index in [1.807, 2.05) is 25.1 Å². The third-order valence-electron chi connectivity index (χ3n) is 2.08. The van der Waals surface area contributed by atoms with E-state index in [9.17, 15) is 9.90 Å². The maximum absolute atomic E-state index is 11.4. The van der Waals surface area contributed by atoms with Crippen LogP contribution in [0, 0.1) is 6.92 Å². The highest BCUT2D eigenvalue weighted by atomic mass is 16.5. The summed E-state index contributed by atoms with van der Waals surface area (Å²) in [5.41, 5.74) is 0.179. The second-order valence-electron chi connectivity index (χ2n) is 4.69. The first kappa shape index (κ1) is 13.5. The van der Waals surface area contributed by atoms with Crippen molar-refractivity contribution in [2.24, 2.45) is 0 Å². The quantitative estimate of drug-likeness (QED) is 0.810. The standard InChI is InChI=1S/C13H19NO3/c1-10-5-4-6-11(7-10)17-8-12(15)14-9-13(2,3)16/h4-7,16H,8-9H2,1-3H3,(H,14,15). The Kier molecular flexibility index (Phi) is 4.52. The first-order valence-corrected chi connectivity index (χ1v) is 5.55. The lowest BCUT2D eigenvalue weighted by Gasteiger charge is -2.17. The van der Waals surface area contributed by atoms with Gasteiger partial charge in [-0.05, 0) is 38.5 Å². The molecule has 0 spiro atoms. The van der Waals surface area contributed by atoms with Crippen LogP contribution in [0.4, 0.5) is 0 Å². The Morgan fingerprint density at radius 3 is 2.76 bits per heavy atom. The molecule has 0 bridgehead atoms. The summed E-state index contributed by atoms with van der Waals surface area (Å²) in [6.45, 7) is 5.40. The molecule has 0 aromatic heterocycles. The molecule has 17 heavy (non-hydrogen) atoms. The van der Waals surface area contributed by atoms with Gasteiger partial charge in [-0.15, -0.1) is 0 Å². The molecule has 0 heterocycles. The van der Waals surface area contributed by atoms with E-state index in [-0.39, 0.29) is 19.1 Å². The summed E-state index contributed by atoms with van der Waals surface area (Å²) in [6, 6.07) is 7.50.